The molecule has 0 unspecified atom stereocenters. The fourth-order valence-electron chi connectivity index (χ4n) is 0.567. The van der Waals surface area contributed by atoms with E-state index in [1.165, 1.54) is 0 Å². The van der Waals surface area contributed by atoms with Crippen LogP contribution in [0.2, 0.25) is 0 Å². The molecule has 0 aromatic heterocycles. The second-order valence-electron chi connectivity index (χ2n) is 2.17. The van der Waals surface area contributed by atoms with Crippen molar-refractivity contribution in [2.45, 2.75) is 0 Å². The molecule has 0 aromatic rings. The van der Waals surface area contributed by atoms with E-state index in [9.17, 15) is 9.59 Å². The summed E-state index contributed by atoms with van der Waals surface area (Å²) in [6, 6.07) is 0. The molecular weight excluding hydrogens is 196 g/mol. The predicted octanol–water partition coefficient (Wildman–Crippen LogP) is -0.201. The first-order valence-corrected chi connectivity index (χ1v) is 3.86. The summed E-state index contributed by atoms with van der Waals surface area (Å²) in [4.78, 5) is 19.8. The van der Waals surface area contributed by atoms with Gasteiger partial charge in [-0.2, -0.15) is 0 Å². The lowest BCUT2D eigenvalue weighted by Gasteiger charge is -2.03. The molecule has 0 aliphatic heterocycles. The van der Waals surface area contributed by atoms with Crippen molar-refractivity contribution < 1.29 is 34.0 Å². The van der Waals surface area contributed by atoms with E-state index in [0.717, 1.165) is 0 Å². The minimum Gasteiger partial charge on any atom is -0.480 e. The maximum Gasteiger partial charge on any atom is 0.505 e. The van der Waals surface area contributed by atoms with Crippen LogP contribution in [0.5, 0.6) is 0 Å². The van der Waals surface area contributed by atoms with Crippen LogP contribution in [0, 0.1) is 0 Å². The van der Waals surface area contributed by atoms with Crippen LogP contribution >= 0.6 is 0 Å². The average Bonchev–Trinajstić information content (AvgIpc) is 2.08. The Morgan fingerprint density at radius 2 is 1.50 bits per heavy atom. The smallest absolute Gasteiger partial charge is 0.480 e. The third-order valence-corrected chi connectivity index (χ3v) is 1.05. The summed E-state index contributed by atoms with van der Waals surface area (Å²) in [6.45, 7) is 0.0710. The summed E-state index contributed by atoms with van der Waals surface area (Å²) < 4.78 is 13.6. The molecule has 0 atom stereocenters. The Kier molecular flexibility index (Phi) is 7.48. The van der Waals surface area contributed by atoms with E-state index in [-0.39, 0.29) is 33.0 Å². The Morgan fingerprint density at radius 1 is 0.929 bits per heavy atom. The van der Waals surface area contributed by atoms with Crippen LogP contribution < -0.4 is 0 Å². The van der Waals surface area contributed by atoms with Gasteiger partial charge in [0.05, 0.1) is 19.8 Å². The zero-order valence-corrected chi connectivity index (χ0v) is 7.47. The average molecular weight is 208 g/mol. The molecule has 0 spiro atoms. The predicted molar refractivity (Wildman–Crippen MR) is 43.3 cm³/mol. The van der Waals surface area contributed by atoms with Gasteiger partial charge in [0.25, 0.3) is 0 Å². The van der Waals surface area contributed by atoms with Crippen LogP contribution in [-0.2, 0) is 19.0 Å². The molecule has 0 amide bonds. The number of hydrogen-bond acceptors (Lipinski definition) is 5. The Balaban J connectivity index is 2.99. The molecule has 2 N–H and O–H groups in total. The summed E-state index contributed by atoms with van der Waals surface area (Å²) in [5.41, 5.74) is 0. The van der Waals surface area contributed by atoms with Gasteiger partial charge in [0, 0.05) is 0 Å². The van der Waals surface area contributed by atoms with Gasteiger partial charge in [-0.15, -0.1) is 0 Å². The lowest BCUT2D eigenvalue weighted by molar-refractivity contribution is -0.142. The molecule has 7 heteroatoms. The number of carbonyl (C=O) groups is 2. The van der Waals surface area contributed by atoms with E-state index >= 15 is 0 Å². The van der Waals surface area contributed by atoms with Gasteiger partial charge in [0.1, 0.15) is 13.2 Å². The molecule has 7 nitrogen and oxygen atoms in total. The number of carboxylic acids is 1. The first-order chi connectivity index (χ1) is 6.63. The first kappa shape index (κ1) is 12.7. The third-order valence-electron chi connectivity index (χ3n) is 1.05. The number of aliphatic carboxylic acids is 1. The molecule has 0 radical (unpaired) electrons. The van der Waals surface area contributed by atoms with Crippen molar-refractivity contribution in [1.82, 2.24) is 0 Å². The van der Waals surface area contributed by atoms with Gasteiger partial charge in [-0.1, -0.05) is 0 Å². The van der Waals surface area contributed by atoms with Gasteiger partial charge in [-0.25, -0.2) is 9.59 Å². The standard InChI is InChI=1S/C7H12O7/c8-6(9)5-13-2-1-12-3-4-14-7(10)11/h1-5H2,(H,8,9)(H,10,11). The lowest BCUT2D eigenvalue weighted by Crippen LogP contribution is -2.14. The zero-order valence-electron chi connectivity index (χ0n) is 7.47. The SMILES string of the molecule is O=C(O)COCCOCCOC(=O)O. The molecule has 0 bridgehead atoms. The monoisotopic (exact) mass is 208 g/mol. The fourth-order valence-corrected chi connectivity index (χ4v) is 0.567. The number of ether oxygens (including phenoxy) is 3. The first-order valence-electron chi connectivity index (χ1n) is 3.86. The summed E-state index contributed by atoms with van der Waals surface area (Å²) in [7, 11) is 0. The zero-order chi connectivity index (χ0) is 10.8. The summed E-state index contributed by atoms with van der Waals surface area (Å²) >= 11 is 0. The van der Waals surface area contributed by atoms with Gasteiger partial charge in [-0.3, -0.25) is 0 Å². The topological polar surface area (TPSA) is 102 Å². The van der Waals surface area contributed by atoms with Crippen molar-refractivity contribution in [1.29, 1.82) is 0 Å². The summed E-state index contributed by atoms with van der Waals surface area (Å²) in [6.07, 6.45) is -1.35. The highest BCUT2D eigenvalue weighted by Gasteiger charge is 1.97. The molecule has 0 heterocycles. The van der Waals surface area contributed by atoms with Crippen molar-refractivity contribution >= 4 is 12.1 Å². The molecule has 14 heavy (non-hydrogen) atoms. The Labute approximate surface area is 80.2 Å². The second-order valence-corrected chi connectivity index (χ2v) is 2.17. The highest BCUT2D eigenvalue weighted by molar-refractivity contribution is 5.67. The maximum absolute atomic E-state index is 9.96. The molecule has 0 aromatic carbocycles. The minimum absolute atomic E-state index is 0.0474. The van der Waals surface area contributed by atoms with E-state index in [1.54, 1.807) is 0 Å². The van der Waals surface area contributed by atoms with Crippen LogP contribution in [0.4, 0.5) is 4.79 Å². The molecule has 0 saturated heterocycles. The lowest BCUT2D eigenvalue weighted by atomic mass is 10.7. The van der Waals surface area contributed by atoms with Crippen molar-refractivity contribution in [3.05, 3.63) is 0 Å². The molecule has 0 fully saturated rings. The number of carboxylic acid groups (broad SMARTS) is 2. The quantitative estimate of drug-likeness (QED) is 0.420. The van der Waals surface area contributed by atoms with Gasteiger partial charge >= 0.3 is 12.1 Å². The van der Waals surface area contributed by atoms with E-state index in [0.29, 0.717) is 0 Å². The maximum atomic E-state index is 9.96. The Hall–Kier alpha value is -1.34. The van der Waals surface area contributed by atoms with Crippen molar-refractivity contribution in [2.24, 2.45) is 0 Å². The third kappa shape index (κ3) is 10.7. The van der Waals surface area contributed by atoms with Gasteiger partial charge in [0.15, 0.2) is 0 Å². The minimum atomic E-state index is -1.35. The number of hydrogen-bond donors (Lipinski definition) is 2. The second kappa shape index (κ2) is 8.27. The van der Waals surface area contributed by atoms with E-state index in [4.69, 9.17) is 14.9 Å². The van der Waals surface area contributed by atoms with Crippen molar-refractivity contribution in [3.8, 4) is 0 Å². The van der Waals surface area contributed by atoms with Crippen LogP contribution in [-0.4, -0.2) is 55.4 Å². The van der Waals surface area contributed by atoms with Crippen LogP contribution in [0.15, 0.2) is 0 Å². The number of rotatable bonds is 8. The van der Waals surface area contributed by atoms with Gasteiger partial charge in [0.2, 0.25) is 0 Å². The van der Waals surface area contributed by atoms with Gasteiger partial charge < -0.3 is 24.4 Å². The van der Waals surface area contributed by atoms with E-state index in [2.05, 4.69) is 9.47 Å². The molecule has 82 valence electrons. The Morgan fingerprint density at radius 3 is 2.07 bits per heavy atom. The van der Waals surface area contributed by atoms with Crippen LogP contribution in [0.3, 0.4) is 0 Å². The molecule has 0 aliphatic rings. The molecular formula is C7H12O7. The normalized spacial score (nSPS) is 9.71. The van der Waals surface area contributed by atoms with Crippen LogP contribution in [0.1, 0.15) is 0 Å². The van der Waals surface area contributed by atoms with Crippen LogP contribution in [0.25, 0.3) is 0 Å². The van der Waals surface area contributed by atoms with Crippen molar-refractivity contribution in [3.63, 3.8) is 0 Å². The molecule has 0 saturated carbocycles. The summed E-state index contributed by atoms with van der Waals surface area (Å²) in [5.74, 6) is -1.04. The van der Waals surface area contributed by atoms with Crippen molar-refractivity contribution in [2.75, 3.05) is 33.0 Å². The van der Waals surface area contributed by atoms with E-state index in [1.807, 2.05) is 0 Å². The van der Waals surface area contributed by atoms with Gasteiger partial charge in [-0.05, 0) is 0 Å². The summed E-state index contributed by atoms with van der Waals surface area (Å²) in [5, 5.41) is 16.2. The molecule has 0 aliphatic carbocycles. The Bertz CT molecular complexity index is 159. The largest absolute Gasteiger partial charge is 0.505 e. The fraction of sp³-hybridized carbons (Fsp3) is 0.714. The van der Waals surface area contributed by atoms with E-state index < -0.39 is 12.1 Å². The highest BCUT2D eigenvalue weighted by atomic mass is 16.7. The molecule has 0 rings (SSSR count). The highest BCUT2D eigenvalue weighted by Crippen LogP contribution is 1.81.